The standard InChI is InChI=1S/C12H14N2O2.ClH/c1-8(14)12(15)16-9(2)11-6-4-3-5-10(11)7-13;/h3-6,8-9H,14H2,1-2H3;1H/t8-,9?;/m0./s1. The fraction of sp³-hybridized carbons (Fsp3) is 0.333. The summed E-state index contributed by atoms with van der Waals surface area (Å²) in [5.74, 6) is -0.472. The maximum absolute atomic E-state index is 11.3. The summed E-state index contributed by atoms with van der Waals surface area (Å²) in [6, 6.07) is 8.41. The molecule has 92 valence electrons. The third kappa shape index (κ3) is 4.06. The highest BCUT2D eigenvalue weighted by atomic mass is 35.5. The second-order valence-electron chi connectivity index (χ2n) is 3.57. The number of nitriles is 1. The molecule has 0 amide bonds. The first-order chi connectivity index (χ1) is 7.56. The topological polar surface area (TPSA) is 76.1 Å². The predicted octanol–water partition coefficient (Wildman–Crippen LogP) is 1.93. The number of halogens is 1. The van der Waals surface area contributed by atoms with E-state index in [4.69, 9.17) is 15.7 Å². The second-order valence-corrected chi connectivity index (χ2v) is 3.57. The molecule has 0 radical (unpaired) electrons. The van der Waals surface area contributed by atoms with Gasteiger partial charge in [0.05, 0.1) is 11.6 Å². The van der Waals surface area contributed by atoms with Crippen LogP contribution in [0.15, 0.2) is 24.3 Å². The summed E-state index contributed by atoms with van der Waals surface area (Å²) in [5, 5.41) is 8.90. The molecule has 0 aliphatic heterocycles. The number of benzene rings is 1. The highest BCUT2D eigenvalue weighted by Gasteiger charge is 2.17. The van der Waals surface area contributed by atoms with Crippen molar-refractivity contribution in [1.82, 2.24) is 0 Å². The van der Waals surface area contributed by atoms with Crippen molar-refractivity contribution in [1.29, 1.82) is 5.26 Å². The molecule has 2 N–H and O–H groups in total. The minimum absolute atomic E-state index is 0. The van der Waals surface area contributed by atoms with Crippen LogP contribution in [0.3, 0.4) is 0 Å². The average Bonchev–Trinajstić information content (AvgIpc) is 2.28. The number of ether oxygens (including phenoxy) is 1. The van der Waals surface area contributed by atoms with Crippen molar-refractivity contribution >= 4 is 18.4 Å². The van der Waals surface area contributed by atoms with Gasteiger partial charge in [0.2, 0.25) is 0 Å². The number of nitrogens with two attached hydrogens (primary N) is 1. The smallest absolute Gasteiger partial charge is 0.323 e. The number of hydrogen-bond donors (Lipinski definition) is 1. The Kier molecular flexibility index (Phi) is 6.26. The first-order valence-corrected chi connectivity index (χ1v) is 5.01. The summed E-state index contributed by atoms with van der Waals surface area (Å²) in [6.45, 7) is 3.28. The van der Waals surface area contributed by atoms with Gasteiger partial charge >= 0.3 is 5.97 Å². The lowest BCUT2D eigenvalue weighted by Gasteiger charge is -2.16. The fourth-order valence-corrected chi connectivity index (χ4v) is 1.30. The molecule has 1 unspecified atom stereocenters. The second kappa shape index (κ2) is 6.89. The highest BCUT2D eigenvalue weighted by molar-refractivity contribution is 5.85. The van der Waals surface area contributed by atoms with E-state index in [0.717, 1.165) is 0 Å². The first kappa shape index (κ1) is 15.4. The minimum atomic E-state index is -0.656. The molecular formula is C12H15ClN2O2. The summed E-state index contributed by atoms with van der Waals surface area (Å²) in [7, 11) is 0. The van der Waals surface area contributed by atoms with Gasteiger partial charge in [0.25, 0.3) is 0 Å². The molecule has 1 rings (SSSR count). The van der Waals surface area contributed by atoms with Gasteiger partial charge in [-0.3, -0.25) is 4.79 Å². The molecule has 0 fully saturated rings. The molecule has 1 aromatic carbocycles. The van der Waals surface area contributed by atoms with Crippen molar-refractivity contribution in [2.45, 2.75) is 26.0 Å². The van der Waals surface area contributed by atoms with Crippen LogP contribution in [0, 0.1) is 11.3 Å². The number of nitrogens with zero attached hydrogens (tertiary/aromatic N) is 1. The molecule has 2 atom stereocenters. The summed E-state index contributed by atoms with van der Waals surface area (Å²) in [4.78, 5) is 11.3. The normalized spacial score (nSPS) is 12.8. The van der Waals surface area contributed by atoms with Crippen LogP contribution in [-0.4, -0.2) is 12.0 Å². The molecule has 4 nitrogen and oxygen atoms in total. The van der Waals surface area contributed by atoms with Crippen molar-refractivity contribution in [3.8, 4) is 6.07 Å². The highest BCUT2D eigenvalue weighted by Crippen LogP contribution is 2.20. The van der Waals surface area contributed by atoms with E-state index in [-0.39, 0.29) is 12.4 Å². The van der Waals surface area contributed by atoms with E-state index in [9.17, 15) is 4.79 Å². The molecule has 0 aliphatic rings. The zero-order chi connectivity index (χ0) is 12.1. The van der Waals surface area contributed by atoms with Gasteiger partial charge < -0.3 is 10.5 Å². The van der Waals surface area contributed by atoms with Gasteiger partial charge in [-0.25, -0.2) is 0 Å². The quantitative estimate of drug-likeness (QED) is 0.837. The Bertz CT molecular complexity index is 427. The average molecular weight is 255 g/mol. The molecule has 0 aromatic heterocycles. The van der Waals surface area contributed by atoms with Crippen LogP contribution in [-0.2, 0) is 9.53 Å². The molecule has 1 aromatic rings. The number of carbonyl (C=O) groups excluding carboxylic acids is 1. The number of esters is 1. The van der Waals surface area contributed by atoms with Crippen molar-refractivity contribution in [2.24, 2.45) is 5.73 Å². The van der Waals surface area contributed by atoms with E-state index in [2.05, 4.69) is 6.07 Å². The molecule has 5 heteroatoms. The van der Waals surface area contributed by atoms with E-state index < -0.39 is 18.1 Å². The Morgan fingerprint density at radius 2 is 2.00 bits per heavy atom. The Hall–Kier alpha value is -1.57. The number of hydrogen-bond acceptors (Lipinski definition) is 4. The Morgan fingerprint density at radius 1 is 1.41 bits per heavy atom. The third-order valence-electron chi connectivity index (χ3n) is 2.18. The minimum Gasteiger partial charge on any atom is -0.457 e. The van der Waals surface area contributed by atoms with Crippen LogP contribution in [0.4, 0.5) is 0 Å². The van der Waals surface area contributed by atoms with Crippen molar-refractivity contribution in [3.63, 3.8) is 0 Å². The SMILES string of the molecule is CC(OC(=O)[C@H](C)N)c1ccccc1C#N.Cl. The number of rotatable bonds is 3. The lowest BCUT2D eigenvalue weighted by atomic mass is 10.0. The molecular weight excluding hydrogens is 240 g/mol. The molecule has 0 saturated carbocycles. The zero-order valence-corrected chi connectivity index (χ0v) is 10.5. The van der Waals surface area contributed by atoms with E-state index in [1.54, 1.807) is 38.1 Å². The lowest BCUT2D eigenvalue weighted by molar-refractivity contribution is -0.149. The van der Waals surface area contributed by atoms with Gasteiger partial charge in [-0.1, -0.05) is 18.2 Å². The molecule has 0 aliphatic carbocycles. The van der Waals surface area contributed by atoms with Crippen LogP contribution in [0.5, 0.6) is 0 Å². The largest absolute Gasteiger partial charge is 0.457 e. The van der Waals surface area contributed by atoms with E-state index in [1.165, 1.54) is 0 Å². The fourth-order valence-electron chi connectivity index (χ4n) is 1.30. The first-order valence-electron chi connectivity index (χ1n) is 5.01. The maximum Gasteiger partial charge on any atom is 0.323 e. The van der Waals surface area contributed by atoms with E-state index in [0.29, 0.717) is 11.1 Å². The lowest BCUT2D eigenvalue weighted by Crippen LogP contribution is -2.29. The van der Waals surface area contributed by atoms with Crippen LogP contribution in [0.2, 0.25) is 0 Å². The molecule has 0 saturated heterocycles. The maximum atomic E-state index is 11.3. The molecule has 17 heavy (non-hydrogen) atoms. The van der Waals surface area contributed by atoms with Gasteiger partial charge in [0.15, 0.2) is 0 Å². The van der Waals surface area contributed by atoms with Crippen molar-refractivity contribution in [2.75, 3.05) is 0 Å². The van der Waals surface area contributed by atoms with Gasteiger partial charge in [-0.05, 0) is 19.9 Å². The van der Waals surface area contributed by atoms with Gasteiger partial charge in [0, 0.05) is 5.56 Å². The number of carbonyl (C=O) groups is 1. The monoisotopic (exact) mass is 254 g/mol. The van der Waals surface area contributed by atoms with Gasteiger partial charge in [0.1, 0.15) is 12.1 Å². The Labute approximate surface area is 107 Å². The summed E-state index contributed by atoms with van der Waals surface area (Å²) in [6.07, 6.45) is -0.464. The Balaban J connectivity index is 0.00000256. The van der Waals surface area contributed by atoms with Crippen molar-refractivity contribution in [3.05, 3.63) is 35.4 Å². The van der Waals surface area contributed by atoms with Gasteiger partial charge in [-0.2, -0.15) is 5.26 Å². The van der Waals surface area contributed by atoms with Crippen LogP contribution in [0.25, 0.3) is 0 Å². The molecule has 0 heterocycles. The van der Waals surface area contributed by atoms with Crippen LogP contribution in [0.1, 0.15) is 31.1 Å². The zero-order valence-electron chi connectivity index (χ0n) is 9.71. The van der Waals surface area contributed by atoms with E-state index in [1.807, 2.05) is 0 Å². The Morgan fingerprint density at radius 3 is 2.53 bits per heavy atom. The third-order valence-corrected chi connectivity index (χ3v) is 2.18. The molecule has 0 bridgehead atoms. The van der Waals surface area contributed by atoms with Gasteiger partial charge in [-0.15, -0.1) is 12.4 Å². The van der Waals surface area contributed by atoms with E-state index >= 15 is 0 Å². The summed E-state index contributed by atoms with van der Waals surface area (Å²) >= 11 is 0. The predicted molar refractivity (Wildman–Crippen MR) is 66.6 cm³/mol. The molecule has 0 spiro atoms. The van der Waals surface area contributed by atoms with Crippen LogP contribution >= 0.6 is 12.4 Å². The van der Waals surface area contributed by atoms with Crippen molar-refractivity contribution < 1.29 is 9.53 Å². The summed E-state index contributed by atoms with van der Waals surface area (Å²) in [5.41, 5.74) is 6.59. The summed E-state index contributed by atoms with van der Waals surface area (Å²) < 4.78 is 5.13. The van der Waals surface area contributed by atoms with Crippen LogP contribution < -0.4 is 5.73 Å².